The summed E-state index contributed by atoms with van der Waals surface area (Å²) in [5.41, 5.74) is 3.69. The summed E-state index contributed by atoms with van der Waals surface area (Å²) in [6.07, 6.45) is 8.42. The summed E-state index contributed by atoms with van der Waals surface area (Å²) in [6.45, 7) is 2.03. The molecule has 0 radical (unpaired) electrons. The fourth-order valence-corrected chi connectivity index (χ4v) is 1.67. The number of hydrogen-bond acceptors (Lipinski definition) is 0. The van der Waals surface area contributed by atoms with E-state index in [0.717, 1.165) is 0 Å². The molecule has 0 saturated carbocycles. The van der Waals surface area contributed by atoms with E-state index in [9.17, 15) is 0 Å². The standard InChI is InChI=1S/C17H16/c1-2-6-15-9-12-17(13-10-15)14-11-16-7-4-3-5-8-16/h2-14H,1H3/b6-2+,14-11+. The molecule has 0 aromatic heterocycles. The van der Waals surface area contributed by atoms with Gasteiger partial charge in [0, 0.05) is 0 Å². The minimum absolute atomic E-state index is 1.22. The minimum Gasteiger partial charge on any atom is -0.0871 e. The van der Waals surface area contributed by atoms with Gasteiger partial charge in [-0.2, -0.15) is 0 Å². The molecule has 0 aliphatic carbocycles. The van der Waals surface area contributed by atoms with Gasteiger partial charge >= 0.3 is 0 Å². The molecule has 0 fully saturated rings. The fraction of sp³-hybridized carbons (Fsp3) is 0.0588. The van der Waals surface area contributed by atoms with E-state index in [2.05, 4.69) is 72.8 Å². The van der Waals surface area contributed by atoms with E-state index in [4.69, 9.17) is 0 Å². The predicted octanol–water partition coefficient (Wildman–Crippen LogP) is 4.89. The van der Waals surface area contributed by atoms with Gasteiger partial charge in [-0.25, -0.2) is 0 Å². The van der Waals surface area contributed by atoms with Crippen LogP contribution in [0.5, 0.6) is 0 Å². The zero-order valence-electron chi connectivity index (χ0n) is 10.0. The number of allylic oxidation sites excluding steroid dienone is 1. The molecule has 0 aliphatic rings. The van der Waals surface area contributed by atoms with Crippen molar-refractivity contribution in [3.63, 3.8) is 0 Å². The second kappa shape index (κ2) is 5.86. The van der Waals surface area contributed by atoms with Crippen molar-refractivity contribution in [2.24, 2.45) is 0 Å². The molecule has 2 aromatic rings. The summed E-state index contributed by atoms with van der Waals surface area (Å²) in [4.78, 5) is 0. The zero-order valence-corrected chi connectivity index (χ0v) is 10.0. The van der Waals surface area contributed by atoms with Crippen LogP contribution in [0, 0.1) is 0 Å². The van der Waals surface area contributed by atoms with E-state index in [1.165, 1.54) is 16.7 Å². The van der Waals surface area contributed by atoms with Crippen LogP contribution in [0.1, 0.15) is 23.6 Å². The van der Waals surface area contributed by atoms with Gasteiger partial charge in [-0.1, -0.05) is 78.9 Å². The van der Waals surface area contributed by atoms with Crippen molar-refractivity contribution in [2.75, 3.05) is 0 Å². The molecular formula is C17H16. The highest BCUT2D eigenvalue weighted by molar-refractivity contribution is 5.70. The zero-order chi connectivity index (χ0) is 11.9. The molecule has 0 heterocycles. The fourth-order valence-electron chi connectivity index (χ4n) is 1.67. The van der Waals surface area contributed by atoms with Crippen LogP contribution >= 0.6 is 0 Å². The first-order valence-corrected chi connectivity index (χ1v) is 5.84. The summed E-state index contributed by atoms with van der Waals surface area (Å²) < 4.78 is 0. The molecule has 0 heteroatoms. The van der Waals surface area contributed by atoms with E-state index >= 15 is 0 Å². The lowest BCUT2D eigenvalue weighted by atomic mass is 10.1. The third-order valence-electron chi connectivity index (χ3n) is 2.56. The van der Waals surface area contributed by atoms with Crippen molar-refractivity contribution in [3.8, 4) is 0 Å². The van der Waals surface area contributed by atoms with E-state index in [1.807, 2.05) is 13.0 Å². The maximum atomic E-state index is 2.13. The van der Waals surface area contributed by atoms with Gasteiger partial charge in [-0.15, -0.1) is 0 Å². The molecule has 0 nitrogen and oxygen atoms in total. The van der Waals surface area contributed by atoms with E-state index < -0.39 is 0 Å². The average Bonchev–Trinajstić information content (AvgIpc) is 2.40. The van der Waals surface area contributed by atoms with Crippen LogP contribution in [0.4, 0.5) is 0 Å². The first-order valence-electron chi connectivity index (χ1n) is 5.84. The van der Waals surface area contributed by atoms with E-state index in [0.29, 0.717) is 0 Å². The molecular weight excluding hydrogens is 204 g/mol. The smallest absolute Gasteiger partial charge is 0.0256 e. The summed E-state index contributed by atoms with van der Waals surface area (Å²) in [6, 6.07) is 18.9. The van der Waals surface area contributed by atoms with Crippen molar-refractivity contribution < 1.29 is 0 Å². The molecule has 0 atom stereocenters. The van der Waals surface area contributed by atoms with Crippen LogP contribution in [-0.4, -0.2) is 0 Å². The maximum Gasteiger partial charge on any atom is -0.0256 e. The Morgan fingerprint density at radius 2 is 1.06 bits per heavy atom. The Morgan fingerprint density at radius 3 is 1.59 bits per heavy atom. The van der Waals surface area contributed by atoms with Gasteiger partial charge in [0.25, 0.3) is 0 Å². The van der Waals surface area contributed by atoms with Gasteiger partial charge in [0.2, 0.25) is 0 Å². The first kappa shape index (κ1) is 11.4. The Labute approximate surface area is 103 Å². The van der Waals surface area contributed by atoms with Gasteiger partial charge in [0.05, 0.1) is 0 Å². The van der Waals surface area contributed by atoms with Gasteiger partial charge in [-0.05, 0) is 23.6 Å². The van der Waals surface area contributed by atoms with Crippen LogP contribution in [0.25, 0.3) is 18.2 Å². The van der Waals surface area contributed by atoms with Crippen LogP contribution in [0.15, 0.2) is 60.7 Å². The minimum atomic E-state index is 1.22. The molecule has 2 rings (SSSR count). The lowest BCUT2D eigenvalue weighted by molar-refractivity contribution is 1.61. The Bertz CT molecular complexity index is 501. The summed E-state index contributed by atoms with van der Waals surface area (Å²) >= 11 is 0. The Balaban J connectivity index is 2.11. The van der Waals surface area contributed by atoms with Gasteiger partial charge in [-0.3, -0.25) is 0 Å². The normalized spacial score (nSPS) is 11.4. The molecule has 0 aliphatic heterocycles. The highest BCUT2D eigenvalue weighted by atomic mass is 13.9. The van der Waals surface area contributed by atoms with Crippen molar-refractivity contribution in [1.82, 2.24) is 0 Å². The van der Waals surface area contributed by atoms with Gasteiger partial charge in [0.1, 0.15) is 0 Å². The predicted molar refractivity (Wildman–Crippen MR) is 76.5 cm³/mol. The summed E-state index contributed by atoms with van der Waals surface area (Å²) in [7, 11) is 0. The van der Waals surface area contributed by atoms with Gasteiger partial charge < -0.3 is 0 Å². The van der Waals surface area contributed by atoms with Crippen LogP contribution in [0.3, 0.4) is 0 Å². The second-order valence-electron chi connectivity index (χ2n) is 3.91. The molecule has 0 spiro atoms. The Kier molecular flexibility index (Phi) is 3.93. The second-order valence-corrected chi connectivity index (χ2v) is 3.91. The molecule has 0 unspecified atom stereocenters. The van der Waals surface area contributed by atoms with Crippen LogP contribution in [0.2, 0.25) is 0 Å². The first-order chi connectivity index (χ1) is 8.38. The quantitative estimate of drug-likeness (QED) is 0.646. The molecule has 0 amide bonds. The molecule has 2 aromatic carbocycles. The van der Waals surface area contributed by atoms with Crippen LogP contribution < -0.4 is 0 Å². The average molecular weight is 220 g/mol. The third kappa shape index (κ3) is 3.46. The van der Waals surface area contributed by atoms with Crippen LogP contribution in [-0.2, 0) is 0 Å². The van der Waals surface area contributed by atoms with Gasteiger partial charge in [0.15, 0.2) is 0 Å². The topological polar surface area (TPSA) is 0 Å². The molecule has 0 saturated heterocycles. The highest BCUT2D eigenvalue weighted by Crippen LogP contribution is 2.10. The lowest BCUT2D eigenvalue weighted by Crippen LogP contribution is -1.74. The van der Waals surface area contributed by atoms with E-state index in [1.54, 1.807) is 0 Å². The van der Waals surface area contributed by atoms with Crippen molar-refractivity contribution in [2.45, 2.75) is 6.92 Å². The van der Waals surface area contributed by atoms with Crippen molar-refractivity contribution in [1.29, 1.82) is 0 Å². The number of rotatable bonds is 3. The highest BCUT2D eigenvalue weighted by Gasteiger charge is 1.88. The molecule has 0 N–H and O–H groups in total. The largest absolute Gasteiger partial charge is 0.0871 e. The monoisotopic (exact) mass is 220 g/mol. The Morgan fingerprint density at radius 1 is 0.588 bits per heavy atom. The van der Waals surface area contributed by atoms with Crippen molar-refractivity contribution >= 4 is 18.2 Å². The molecule has 17 heavy (non-hydrogen) atoms. The third-order valence-corrected chi connectivity index (χ3v) is 2.56. The number of hydrogen-bond donors (Lipinski definition) is 0. The maximum absolute atomic E-state index is 2.13. The van der Waals surface area contributed by atoms with E-state index in [-0.39, 0.29) is 0 Å². The Hall–Kier alpha value is -2.08. The summed E-state index contributed by atoms with van der Waals surface area (Å²) in [5, 5.41) is 0. The van der Waals surface area contributed by atoms with Crippen molar-refractivity contribution in [3.05, 3.63) is 77.4 Å². The molecule has 84 valence electrons. The molecule has 0 bridgehead atoms. The number of benzene rings is 2. The SMILES string of the molecule is C/C=C/c1ccc(/C=C/c2ccccc2)cc1. The summed E-state index contributed by atoms with van der Waals surface area (Å²) in [5.74, 6) is 0. The lowest BCUT2D eigenvalue weighted by Gasteiger charge is -1.96.